The molecular weight excluding hydrogens is 383 g/mol. The molecule has 2 aliphatic rings. The molecule has 156 valence electrons. The summed E-state index contributed by atoms with van der Waals surface area (Å²) in [5.74, 6) is -0.729. The van der Waals surface area contributed by atoms with Gasteiger partial charge < -0.3 is 14.9 Å². The molecule has 2 amide bonds. The quantitative estimate of drug-likeness (QED) is 0.846. The number of hydrogen-bond donors (Lipinski definition) is 1. The van der Waals surface area contributed by atoms with Crippen molar-refractivity contribution in [2.75, 3.05) is 19.7 Å². The Labute approximate surface area is 175 Å². The van der Waals surface area contributed by atoms with Gasteiger partial charge in [-0.15, -0.1) is 0 Å². The van der Waals surface area contributed by atoms with Crippen LogP contribution in [0.3, 0.4) is 0 Å². The van der Waals surface area contributed by atoms with E-state index in [1.54, 1.807) is 9.80 Å². The smallest absolute Gasteiger partial charge is 0.254 e. The molecule has 2 aromatic rings. The minimum absolute atomic E-state index is 0.0525. The van der Waals surface area contributed by atoms with Crippen LogP contribution in [0, 0.1) is 5.82 Å². The summed E-state index contributed by atoms with van der Waals surface area (Å²) in [6.45, 7) is 4.11. The first-order chi connectivity index (χ1) is 14.4. The topological polar surface area (TPSA) is 60.9 Å². The second-order valence-corrected chi connectivity index (χ2v) is 8.05. The first-order valence-electron chi connectivity index (χ1n) is 10.1. The van der Waals surface area contributed by atoms with Gasteiger partial charge in [-0.2, -0.15) is 0 Å². The van der Waals surface area contributed by atoms with E-state index in [0.717, 1.165) is 11.1 Å². The van der Waals surface area contributed by atoms with Crippen LogP contribution in [0.2, 0.25) is 0 Å². The third kappa shape index (κ3) is 3.12. The Morgan fingerprint density at radius 3 is 2.30 bits per heavy atom. The standard InChI is InChI=1S/C24H25FN2O3/c1-3-4-17-5-7-18(8-6-17)22-21(13-28)27(16(2)29)24(22)14-26(15-24)23(30)19-9-11-20(25)12-10-19/h3-12,21-22,28H,13-15H2,1-2H3/b4-3+/t21-,22+/m0/s1. The third-order valence-corrected chi connectivity index (χ3v) is 6.26. The van der Waals surface area contributed by atoms with Crippen LogP contribution >= 0.6 is 0 Å². The van der Waals surface area contributed by atoms with E-state index in [1.165, 1.54) is 31.2 Å². The van der Waals surface area contributed by atoms with Gasteiger partial charge in [0.2, 0.25) is 5.91 Å². The van der Waals surface area contributed by atoms with Gasteiger partial charge >= 0.3 is 0 Å². The van der Waals surface area contributed by atoms with Crippen molar-refractivity contribution < 1.29 is 19.1 Å². The Bertz CT molecular complexity index is 979. The van der Waals surface area contributed by atoms with Crippen molar-refractivity contribution in [3.05, 3.63) is 77.1 Å². The average Bonchev–Trinajstić information content (AvgIpc) is 2.68. The first-order valence-corrected chi connectivity index (χ1v) is 10.1. The predicted octanol–water partition coefficient (Wildman–Crippen LogP) is 3.06. The third-order valence-electron chi connectivity index (χ3n) is 6.26. The van der Waals surface area contributed by atoms with Crippen LogP contribution in [0.5, 0.6) is 0 Å². The van der Waals surface area contributed by atoms with Crippen molar-refractivity contribution in [3.8, 4) is 0 Å². The minimum atomic E-state index is -0.517. The first kappa shape index (κ1) is 20.3. The summed E-state index contributed by atoms with van der Waals surface area (Å²) in [7, 11) is 0. The Hall–Kier alpha value is -2.99. The molecule has 1 N–H and O–H groups in total. The monoisotopic (exact) mass is 408 g/mol. The maximum absolute atomic E-state index is 13.2. The van der Waals surface area contributed by atoms with E-state index in [4.69, 9.17) is 0 Å². The van der Waals surface area contributed by atoms with Gasteiger partial charge in [0.05, 0.1) is 18.2 Å². The number of likely N-dealkylation sites (tertiary alicyclic amines) is 2. The second-order valence-electron chi connectivity index (χ2n) is 8.05. The van der Waals surface area contributed by atoms with Crippen LogP contribution in [0.25, 0.3) is 6.08 Å². The number of amides is 2. The number of aliphatic hydroxyl groups is 1. The molecule has 2 fully saturated rings. The molecule has 0 saturated carbocycles. The summed E-state index contributed by atoms with van der Waals surface area (Å²) in [6.07, 6.45) is 3.98. The van der Waals surface area contributed by atoms with Gasteiger partial charge in [-0.1, -0.05) is 36.4 Å². The molecule has 2 atom stereocenters. The summed E-state index contributed by atoms with van der Waals surface area (Å²) in [4.78, 5) is 28.6. The van der Waals surface area contributed by atoms with Crippen LogP contribution in [-0.4, -0.2) is 58.0 Å². The molecule has 0 unspecified atom stereocenters. The maximum Gasteiger partial charge on any atom is 0.254 e. The van der Waals surface area contributed by atoms with E-state index in [-0.39, 0.29) is 36.2 Å². The van der Waals surface area contributed by atoms with Crippen LogP contribution < -0.4 is 0 Å². The van der Waals surface area contributed by atoms with Crippen LogP contribution in [0.15, 0.2) is 54.6 Å². The van der Waals surface area contributed by atoms with Crippen molar-refractivity contribution in [1.82, 2.24) is 9.80 Å². The Balaban J connectivity index is 1.60. The molecular formula is C24H25FN2O3. The molecule has 0 radical (unpaired) electrons. The van der Waals surface area contributed by atoms with Crippen molar-refractivity contribution in [3.63, 3.8) is 0 Å². The van der Waals surface area contributed by atoms with E-state index < -0.39 is 5.54 Å². The van der Waals surface area contributed by atoms with E-state index in [0.29, 0.717) is 18.7 Å². The molecule has 0 aromatic heterocycles. The zero-order valence-corrected chi connectivity index (χ0v) is 17.1. The van der Waals surface area contributed by atoms with E-state index >= 15 is 0 Å². The van der Waals surface area contributed by atoms with Crippen molar-refractivity contribution >= 4 is 17.9 Å². The van der Waals surface area contributed by atoms with Crippen LogP contribution in [-0.2, 0) is 4.79 Å². The number of allylic oxidation sites excluding steroid dienone is 1. The largest absolute Gasteiger partial charge is 0.394 e. The normalized spacial score (nSPS) is 22.1. The fourth-order valence-corrected chi connectivity index (χ4v) is 5.06. The molecule has 2 aliphatic heterocycles. The number of carbonyl (C=O) groups excluding carboxylic acids is 2. The zero-order chi connectivity index (χ0) is 21.5. The molecule has 2 saturated heterocycles. The van der Waals surface area contributed by atoms with Gasteiger partial charge in [0.25, 0.3) is 5.91 Å². The molecule has 2 heterocycles. The van der Waals surface area contributed by atoms with Gasteiger partial charge in [0.1, 0.15) is 5.82 Å². The Morgan fingerprint density at radius 1 is 1.13 bits per heavy atom. The summed E-state index contributed by atoms with van der Waals surface area (Å²) < 4.78 is 13.2. The Kier molecular flexibility index (Phi) is 5.20. The minimum Gasteiger partial charge on any atom is -0.394 e. The molecule has 0 aliphatic carbocycles. The number of nitrogens with zero attached hydrogens (tertiary/aromatic N) is 2. The zero-order valence-electron chi connectivity index (χ0n) is 17.1. The SMILES string of the molecule is C/C=C/c1ccc([C@@H]2[C@H](CO)N(C(C)=O)C23CN(C(=O)c2ccc(F)cc2)C3)cc1. The van der Waals surface area contributed by atoms with Crippen molar-refractivity contribution in [2.24, 2.45) is 0 Å². The summed E-state index contributed by atoms with van der Waals surface area (Å²) in [5, 5.41) is 9.99. The number of benzene rings is 2. The lowest BCUT2D eigenvalue weighted by molar-refractivity contribution is -0.191. The molecule has 4 rings (SSSR count). The fourth-order valence-electron chi connectivity index (χ4n) is 5.06. The van der Waals surface area contributed by atoms with Gasteiger partial charge in [-0.3, -0.25) is 9.59 Å². The number of halogens is 1. The number of carbonyl (C=O) groups is 2. The highest BCUT2D eigenvalue weighted by atomic mass is 19.1. The maximum atomic E-state index is 13.2. The lowest BCUT2D eigenvalue weighted by Gasteiger charge is -2.70. The van der Waals surface area contributed by atoms with Gasteiger partial charge in [-0.05, 0) is 42.3 Å². The number of hydrogen-bond acceptors (Lipinski definition) is 3. The fraction of sp³-hybridized carbons (Fsp3) is 0.333. The van der Waals surface area contributed by atoms with E-state index in [2.05, 4.69) is 0 Å². The highest BCUT2D eigenvalue weighted by Gasteiger charge is 2.67. The average molecular weight is 408 g/mol. The summed E-state index contributed by atoms with van der Waals surface area (Å²) in [5.41, 5.74) is 2.04. The van der Waals surface area contributed by atoms with Crippen molar-refractivity contribution in [2.45, 2.75) is 31.3 Å². The lowest BCUT2D eigenvalue weighted by Crippen LogP contribution is -2.85. The highest BCUT2D eigenvalue weighted by Crippen LogP contribution is 2.54. The van der Waals surface area contributed by atoms with Crippen molar-refractivity contribution in [1.29, 1.82) is 0 Å². The van der Waals surface area contributed by atoms with Gasteiger partial charge in [0.15, 0.2) is 0 Å². The highest BCUT2D eigenvalue weighted by molar-refractivity contribution is 5.95. The van der Waals surface area contributed by atoms with Gasteiger partial charge in [0, 0.05) is 31.5 Å². The predicted molar refractivity (Wildman–Crippen MR) is 112 cm³/mol. The van der Waals surface area contributed by atoms with E-state index in [1.807, 2.05) is 43.3 Å². The second kappa shape index (κ2) is 7.69. The Morgan fingerprint density at radius 2 is 1.77 bits per heavy atom. The molecule has 6 heteroatoms. The lowest BCUT2D eigenvalue weighted by atomic mass is 9.60. The summed E-state index contributed by atoms with van der Waals surface area (Å²) >= 11 is 0. The number of rotatable bonds is 4. The van der Waals surface area contributed by atoms with Gasteiger partial charge in [-0.25, -0.2) is 4.39 Å². The van der Waals surface area contributed by atoms with E-state index in [9.17, 15) is 19.1 Å². The molecule has 0 bridgehead atoms. The molecule has 2 aromatic carbocycles. The molecule has 1 spiro atoms. The molecule has 30 heavy (non-hydrogen) atoms. The van der Waals surface area contributed by atoms with Crippen LogP contribution in [0.4, 0.5) is 4.39 Å². The number of aliphatic hydroxyl groups excluding tert-OH is 1. The van der Waals surface area contributed by atoms with Crippen LogP contribution in [0.1, 0.15) is 41.3 Å². The molecule has 5 nitrogen and oxygen atoms in total. The summed E-state index contributed by atoms with van der Waals surface area (Å²) in [6, 6.07) is 13.3.